The maximum atomic E-state index is 12.7. The average Bonchev–Trinajstić information content (AvgIpc) is 3.38. The first-order chi connectivity index (χ1) is 12.7. The van der Waals surface area contributed by atoms with E-state index in [1.165, 1.54) is 11.3 Å². The molecule has 0 spiro atoms. The zero-order valence-electron chi connectivity index (χ0n) is 14.0. The molecule has 3 aromatic rings. The van der Waals surface area contributed by atoms with Gasteiger partial charge in [-0.2, -0.15) is 5.26 Å². The molecule has 1 atom stereocenters. The van der Waals surface area contributed by atoms with E-state index in [0.29, 0.717) is 21.9 Å². The SMILES string of the molecule is N#Cc1cccc(C(=O)c2cnc(N3CCC(c4ccccn4)C3)s2)c1. The number of nitriles is 1. The Morgan fingerprint density at radius 1 is 1.23 bits per heavy atom. The number of benzene rings is 1. The monoisotopic (exact) mass is 360 g/mol. The lowest BCUT2D eigenvalue weighted by atomic mass is 10.0. The summed E-state index contributed by atoms with van der Waals surface area (Å²) in [6.45, 7) is 1.77. The molecule has 0 amide bonds. The van der Waals surface area contributed by atoms with Gasteiger partial charge in [-0.1, -0.05) is 29.5 Å². The van der Waals surface area contributed by atoms with Gasteiger partial charge in [0, 0.05) is 36.5 Å². The zero-order valence-corrected chi connectivity index (χ0v) is 14.8. The van der Waals surface area contributed by atoms with Crippen LogP contribution in [0.15, 0.2) is 54.9 Å². The van der Waals surface area contributed by atoms with Gasteiger partial charge in [0.25, 0.3) is 0 Å². The van der Waals surface area contributed by atoms with Gasteiger partial charge in [-0.3, -0.25) is 9.78 Å². The van der Waals surface area contributed by atoms with E-state index in [1.54, 1.807) is 30.5 Å². The van der Waals surface area contributed by atoms with Crippen LogP contribution in [0, 0.1) is 11.3 Å². The van der Waals surface area contributed by atoms with Gasteiger partial charge in [-0.05, 0) is 30.7 Å². The Kier molecular flexibility index (Phi) is 4.46. The average molecular weight is 360 g/mol. The number of nitrogens with zero attached hydrogens (tertiary/aromatic N) is 4. The number of carbonyl (C=O) groups is 1. The Morgan fingerprint density at radius 3 is 2.96 bits per heavy atom. The number of pyridine rings is 1. The molecule has 128 valence electrons. The number of ketones is 1. The molecule has 0 saturated carbocycles. The van der Waals surface area contributed by atoms with Crippen molar-refractivity contribution >= 4 is 22.3 Å². The smallest absolute Gasteiger partial charge is 0.204 e. The highest BCUT2D eigenvalue weighted by molar-refractivity contribution is 7.17. The summed E-state index contributed by atoms with van der Waals surface area (Å²) in [7, 11) is 0. The van der Waals surface area contributed by atoms with E-state index in [0.717, 1.165) is 30.3 Å². The summed E-state index contributed by atoms with van der Waals surface area (Å²) in [6, 6.07) is 14.8. The maximum Gasteiger partial charge on any atom is 0.204 e. The van der Waals surface area contributed by atoms with Crippen LogP contribution < -0.4 is 4.90 Å². The number of carbonyl (C=O) groups excluding carboxylic acids is 1. The Balaban J connectivity index is 1.50. The number of hydrogen-bond acceptors (Lipinski definition) is 6. The predicted octanol–water partition coefficient (Wildman–Crippen LogP) is 3.63. The normalized spacial score (nSPS) is 16.4. The van der Waals surface area contributed by atoms with Crippen LogP contribution in [-0.2, 0) is 0 Å². The number of anilines is 1. The van der Waals surface area contributed by atoms with E-state index in [-0.39, 0.29) is 5.78 Å². The molecule has 0 aliphatic carbocycles. The third-order valence-electron chi connectivity index (χ3n) is 4.54. The molecular weight excluding hydrogens is 344 g/mol. The van der Waals surface area contributed by atoms with Crippen molar-refractivity contribution in [3.05, 3.63) is 76.6 Å². The van der Waals surface area contributed by atoms with E-state index in [2.05, 4.69) is 27.0 Å². The van der Waals surface area contributed by atoms with Crippen molar-refractivity contribution in [2.75, 3.05) is 18.0 Å². The summed E-state index contributed by atoms with van der Waals surface area (Å²) in [6.07, 6.45) is 4.49. The summed E-state index contributed by atoms with van der Waals surface area (Å²) in [5.41, 5.74) is 2.11. The Labute approximate surface area is 155 Å². The fraction of sp³-hybridized carbons (Fsp3) is 0.200. The molecular formula is C20H16N4OS. The molecule has 1 unspecified atom stereocenters. The molecule has 26 heavy (non-hydrogen) atoms. The van der Waals surface area contributed by atoms with Gasteiger partial charge in [0.2, 0.25) is 5.78 Å². The molecule has 3 heterocycles. The molecule has 5 nitrogen and oxygen atoms in total. The predicted molar refractivity (Wildman–Crippen MR) is 101 cm³/mol. The molecule has 1 saturated heterocycles. The minimum absolute atomic E-state index is 0.0914. The highest BCUT2D eigenvalue weighted by Crippen LogP contribution is 2.32. The van der Waals surface area contributed by atoms with Crippen molar-refractivity contribution in [1.29, 1.82) is 5.26 Å². The van der Waals surface area contributed by atoms with E-state index >= 15 is 0 Å². The fourth-order valence-electron chi connectivity index (χ4n) is 3.18. The van der Waals surface area contributed by atoms with Crippen molar-refractivity contribution in [2.45, 2.75) is 12.3 Å². The van der Waals surface area contributed by atoms with Crippen molar-refractivity contribution in [2.24, 2.45) is 0 Å². The largest absolute Gasteiger partial charge is 0.347 e. The minimum Gasteiger partial charge on any atom is -0.347 e. The second-order valence-electron chi connectivity index (χ2n) is 6.22. The Hall–Kier alpha value is -3.04. The highest BCUT2D eigenvalue weighted by atomic mass is 32.1. The maximum absolute atomic E-state index is 12.7. The van der Waals surface area contributed by atoms with Gasteiger partial charge < -0.3 is 4.90 Å². The quantitative estimate of drug-likeness (QED) is 0.665. The van der Waals surface area contributed by atoms with Crippen LogP contribution >= 0.6 is 11.3 Å². The van der Waals surface area contributed by atoms with Crippen LogP contribution in [0.1, 0.15) is 38.8 Å². The molecule has 1 fully saturated rings. The number of thiazole rings is 1. The summed E-state index contributed by atoms with van der Waals surface area (Å²) in [5, 5.41) is 9.86. The molecule has 4 rings (SSSR count). The van der Waals surface area contributed by atoms with Gasteiger partial charge in [-0.25, -0.2) is 4.98 Å². The van der Waals surface area contributed by atoms with Gasteiger partial charge in [0.15, 0.2) is 5.13 Å². The summed E-state index contributed by atoms with van der Waals surface area (Å²) >= 11 is 1.41. The van der Waals surface area contributed by atoms with Gasteiger partial charge >= 0.3 is 0 Å². The first kappa shape index (κ1) is 16.4. The Morgan fingerprint density at radius 2 is 2.15 bits per heavy atom. The molecule has 0 radical (unpaired) electrons. The van der Waals surface area contributed by atoms with Crippen LogP contribution in [0.5, 0.6) is 0 Å². The van der Waals surface area contributed by atoms with Gasteiger partial charge in [0.1, 0.15) is 0 Å². The third-order valence-corrected chi connectivity index (χ3v) is 5.59. The van der Waals surface area contributed by atoms with Crippen LogP contribution in [-0.4, -0.2) is 28.8 Å². The van der Waals surface area contributed by atoms with Crippen molar-refractivity contribution < 1.29 is 4.79 Å². The molecule has 2 aromatic heterocycles. The van der Waals surface area contributed by atoms with Crippen molar-refractivity contribution in [3.63, 3.8) is 0 Å². The summed E-state index contributed by atoms with van der Waals surface area (Å²) < 4.78 is 0. The first-order valence-corrected chi connectivity index (χ1v) is 9.23. The minimum atomic E-state index is -0.0914. The van der Waals surface area contributed by atoms with Crippen LogP contribution in [0.3, 0.4) is 0 Å². The standard InChI is InChI=1S/C20H16N4OS/c21-11-14-4-3-5-15(10-14)19(25)18-12-23-20(26-18)24-9-7-16(13-24)17-6-1-2-8-22-17/h1-6,8,10,12,16H,7,9,13H2. The van der Waals surface area contributed by atoms with Crippen LogP contribution in [0.2, 0.25) is 0 Å². The molecule has 0 N–H and O–H groups in total. The highest BCUT2D eigenvalue weighted by Gasteiger charge is 2.27. The summed E-state index contributed by atoms with van der Waals surface area (Å²) in [5.74, 6) is 0.304. The second-order valence-corrected chi connectivity index (χ2v) is 7.22. The molecule has 6 heteroatoms. The molecule has 1 aliphatic rings. The lowest BCUT2D eigenvalue weighted by Gasteiger charge is -2.14. The number of hydrogen-bond donors (Lipinski definition) is 0. The van der Waals surface area contributed by atoms with E-state index < -0.39 is 0 Å². The molecule has 1 aromatic carbocycles. The van der Waals surface area contributed by atoms with Gasteiger partial charge in [0.05, 0.1) is 22.7 Å². The second kappa shape index (κ2) is 7.06. The van der Waals surface area contributed by atoms with E-state index in [9.17, 15) is 4.79 Å². The molecule has 0 bridgehead atoms. The third kappa shape index (κ3) is 3.22. The van der Waals surface area contributed by atoms with Crippen molar-refractivity contribution in [3.8, 4) is 6.07 Å². The zero-order chi connectivity index (χ0) is 17.9. The van der Waals surface area contributed by atoms with E-state index in [4.69, 9.17) is 5.26 Å². The topological polar surface area (TPSA) is 69.9 Å². The van der Waals surface area contributed by atoms with Gasteiger partial charge in [-0.15, -0.1) is 0 Å². The first-order valence-electron chi connectivity index (χ1n) is 8.41. The fourth-order valence-corrected chi connectivity index (χ4v) is 4.09. The van der Waals surface area contributed by atoms with Crippen molar-refractivity contribution in [1.82, 2.24) is 9.97 Å². The van der Waals surface area contributed by atoms with Crippen LogP contribution in [0.25, 0.3) is 0 Å². The lowest BCUT2D eigenvalue weighted by Crippen LogP contribution is -2.18. The van der Waals surface area contributed by atoms with Crippen LogP contribution in [0.4, 0.5) is 5.13 Å². The van der Waals surface area contributed by atoms with E-state index in [1.807, 2.05) is 18.3 Å². The lowest BCUT2D eigenvalue weighted by molar-refractivity contribution is 0.104. The Bertz CT molecular complexity index is 977. The molecule has 1 aliphatic heterocycles. The number of aromatic nitrogens is 2. The summed E-state index contributed by atoms with van der Waals surface area (Å²) in [4.78, 5) is 24.4. The number of rotatable bonds is 4.